The minimum Gasteiger partial charge on any atom is -0.377 e. The summed E-state index contributed by atoms with van der Waals surface area (Å²) in [5, 5.41) is 3.71. The second kappa shape index (κ2) is 7.92. The summed E-state index contributed by atoms with van der Waals surface area (Å²) in [6.07, 6.45) is 0.309. The highest BCUT2D eigenvalue weighted by molar-refractivity contribution is 5.20. The molecule has 1 N–H and O–H groups in total. The van der Waals surface area contributed by atoms with Gasteiger partial charge in [-0.05, 0) is 25.3 Å². The van der Waals surface area contributed by atoms with Gasteiger partial charge < -0.3 is 10.1 Å². The Morgan fingerprint density at radius 2 is 1.90 bits per heavy atom. The summed E-state index contributed by atoms with van der Waals surface area (Å²) in [7, 11) is 0. The average Bonchev–Trinajstić information content (AvgIpc) is 2.47. The fourth-order valence-corrected chi connectivity index (χ4v) is 2.94. The molecule has 1 aromatic rings. The van der Waals surface area contributed by atoms with Crippen molar-refractivity contribution in [3.05, 3.63) is 35.9 Å². The van der Waals surface area contributed by atoms with Gasteiger partial charge in [0, 0.05) is 31.7 Å². The lowest BCUT2D eigenvalue weighted by atomic mass is 9.96. The van der Waals surface area contributed by atoms with Gasteiger partial charge in [0.1, 0.15) is 0 Å². The van der Waals surface area contributed by atoms with E-state index in [1.54, 1.807) is 0 Å². The molecule has 0 bridgehead atoms. The second-order valence-corrected chi connectivity index (χ2v) is 6.60. The number of benzene rings is 1. The zero-order valence-electron chi connectivity index (χ0n) is 13.9. The van der Waals surface area contributed by atoms with E-state index in [1.807, 2.05) is 0 Å². The van der Waals surface area contributed by atoms with E-state index < -0.39 is 0 Å². The Labute approximate surface area is 129 Å². The van der Waals surface area contributed by atoms with Gasteiger partial charge >= 0.3 is 0 Å². The number of hydrogen-bond donors (Lipinski definition) is 1. The summed E-state index contributed by atoms with van der Waals surface area (Å²) in [6, 6.07) is 11.8. The lowest BCUT2D eigenvalue weighted by molar-refractivity contribution is 0.0324. The van der Waals surface area contributed by atoms with E-state index in [9.17, 15) is 0 Å². The van der Waals surface area contributed by atoms with Crippen LogP contribution in [0.15, 0.2) is 30.3 Å². The third kappa shape index (κ3) is 4.80. The van der Waals surface area contributed by atoms with Crippen molar-refractivity contribution in [3.8, 4) is 0 Å². The van der Waals surface area contributed by atoms with Crippen LogP contribution >= 0.6 is 0 Å². The summed E-state index contributed by atoms with van der Waals surface area (Å²) < 4.78 is 5.76. The number of hydrogen-bond acceptors (Lipinski definition) is 3. The number of piperazine rings is 1. The highest BCUT2D eigenvalue weighted by atomic mass is 16.5. The summed E-state index contributed by atoms with van der Waals surface area (Å²) >= 11 is 0. The van der Waals surface area contributed by atoms with Crippen LogP contribution < -0.4 is 5.32 Å². The first-order chi connectivity index (χ1) is 10.1. The molecule has 118 valence electrons. The molecule has 1 fully saturated rings. The number of ether oxygens (including phenoxy) is 1. The van der Waals surface area contributed by atoms with Gasteiger partial charge in [0.15, 0.2) is 0 Å². The molecule has 0 aromatic heterocycles. The van der Waals surface area contributed by atoms with Crippen LogP contribution in [0, 0.1) is 5.92 Å². The van der Waals surface area contributed by atoms with Gasteiger partial charge in [0.05, 0.1) is 12.7 Å². The van der Waals surface area contributed by atoms with E-state index in [2.05, 4.69) is 68.2 Å². The molecule has 0 aliphatic carbocycles. The molecule has 21 heavy (non-hydrogen) atoms. The van der Waals surface area contributed by atoms with Gasteiger partial charge in [-0.1, -0.05) is 44.2 Å². The van der Waals surface area contributed by atoms with Crippen molar-refractivity contribution in [1.29, 1.82) is 0 Å². The van der Waals surface area contributed by atoms with Crippen molar-refractivity contribution in [2.75, 3.05) is 26.2 Å². The average molecular weight is 290 g/mol. The fraction of sp³-hybridized carbons (Fsp3) is 0.667. The molecule has 2 rings (SSSR count). The zero-order chi connectivity index (χ0) is 15.2. The minimum absolute atomic E-state index is 0.309. The molecule has 3 heteroatoms. The first-order valence-corrected chi connectivity index (χ1v) is 8.22. The predicted octanol–water partition coefficient (Wildman–Crippen LogP) is 3.08. The SMILES string of the molecule is CC(C)OCCN1CC(C(C)C)NCC1c1ccccc1. The molecule has 0 spiro atoms. The van der Waals surface area contributed by atoms with Crippen molar-refractivity contribution in [2.24, 2.45) is 5.92 Å². The largest absolute Gasteiger partial charge is 0.377 e. The molecular formula is C18H30N2O. The molecule has 0 radical (unpaired) electrons. The van der Waals surface area contributed by atoms with E-state index in [4.69, 9.17) is 4.74 Å². The molecule has 1 aliphatic heterocycles. The Kier molecular flexibility index (Phi) is 6.22. The van der Waals surface area contributed by atoms with Gasteiger partial charge in [-0.15, -0.1) is 0 Å². The van der Waals surface area contributed by atoms with E-state index in [0.717, 1.165) is 26.2 Å². The van der Waals surface area contributed by atoms with E-state index in [0.29, 0.717) is 24.1 Å². The maximum Gasteiger partial charge on any atom is 0.0597 e. The Morgan fingerprint density at radius 3 is 2.52 bits per heavy atom. The maximum atomic E-state index is 5.76. The van der Waals surface area contributed by atoms with Crippen molar-refractivity contribution < 1.29 is 4.74 Å². The predicted molar refractivity (Wildman–Crippen MR) is 88.5 cm³/mol. The van der Waals surface area contributed by atoms with Crippen LogP contribution in [0.4, 0.5) is 0 Å². The molecule has 1 aromatic carbocycles. The van der Waals surface area contributed by atoms with Crippen molar-refractivity contribution >= 4 is 0 Å². The van der Waals surface area contributed by atoms with Crippen LogP contribution in [0.5, 0.6) is 0 Å². The standard InChI is InChI=1S/C18H30N2O/c1-14(2)17-13-20(10-11-21-15(3)4)18(12-19-17)16-8-6-5-7-9-16/h5-9,14-15,17-19H,10-13H2,1-4H3. The minimum atomic E-state index is 0.309. The summed E-state index contributed by atoms with van der Waals surface area (Å²) in [5.41, 5.74) is 1.40. The molecule has 1 heterocycles. The van der Waals surface area contributed by atoms with Gasteiger partial charge in [-0.25, -0.2) is 0 Å². The summed E-state index contributed by atoms with van der Waals surface area (Å²) in [6.45, 7) is 12.7. The second-order valence-electron chi connectivity index (χ2n) is 6.60. The van der Waals surface area contributed by atoms with Gasteiger partial charge in [-0.2, -0.15) is 0 Å². The topological polar surface area (TPSA) is 24.5 Å². The van der Waals surface area contributed by atoms with Crippen LogP contribution in [0.2, 0.25) is 0 Å². The third-order valence-corrected chi connectivity index (χ3v) is 4.26. The maximum absolute atomic E-state index is 5.76. The van der Waals surface area contributed by atoms with E-state index >= 15 is 0 Å². The summed E-state index contributed by atoms with van der Waals surface area (Å²) in [5.74, 6) is 0.662. The Morgan fingerprint density at radius 1 is 1.19 bits per heavy atom. The van der Waals surface area contributed by atoms with Crippen LogP contribution in [0.3, 0.4) is 0 Å². The van der Waals surface area contributed by atoms with Crippen LogP contribution in [-0.2, 0) is 4.74 Å². The molecule has 1 saturated heterocycles. The van der Waals surface area contributed by atoms with Gasteiger partial charge in [-0.3, -0.25) is 4.90 Å². The van der Waals surface area contributed by atoms with E-state index in [-0.39, 0.29) is 0 Å². The van der Waals surface area contributed by atoms with Crippen LogP contribution in [0.25, 0.3) is 0 Å². The van der Waals surface area contributed by atoms with Crippen LogP contribution in [-0.4, -0.2) is 43.3 Å². The third-order valence-electron chi connectivity index (χ3n) is 4.26. The smallest absolute Gasteiger partial charge is 0.0597 e. The molecule has 3 nitrogen and oxygen atoms in total. The molecular weight excluding hydrogens is 260 g/mol. The van der Waals surface area contributed by atoms with Crippen molar-refractivity contribution in [3.63, 3.8) is 0 Å². The first kappa shape index (κ1) is 16.5. The van der Waals surface area contributed by atoms with Gasteiger partial charge in [0.2, 0.25) is 0 Å². The monoisotopic (exact) mass is 290 g/mol. The first-order valence-electron chi connectivity index (χ1n) is 8.22. The highest BCUT2D eigenvalue weighted by Gasteiger charge is 2.29. The number of rotatable bonds is 6. The molecule has 1 aliphatic rings. The van der Waals surface area contributed by atoms with Gasteiger partial charge in [0.25, 0.3) is 0 Å². The number of nitrogens with zero attached hydrogens (tertiary/aromatic N) is 1. The normalized spacial score (nSPS) is 23.9. The Balaban J connectivity index is 2.03. The summed E-state index contributed by atoms with van der Waals surface area (Å²) in [4.78, 5) is 2.58. The molecule has 0 amide bonds. The fourth-order valence-electron chi connectivity index (χ4n) is 2.94. The van der Waals surface area contributed by atoms with E-state index in [1.165, 1.54) is 5.56 Å². The lowest BCUT2D eigenvalue weighted by Gasteiger charge is -2.42. The van der Waals surface area contributed by atoms with Crippen LogP contribution in [0.1, 0.15) is 39.3 Å². The Bertz CT molecular complexity index is 405. The Hall–Kier alpha value is -0.900. The lowest BCUT2D eigenvalue weighted by Crippen LogP contribution is -2.54. The van der Waals surface area contributed by atoms with Crippen molar-refractivity contribution in [1.82, 2.24) is 10.2 Å². The van der Waals surface area contributed by atoms with Crippen molar-refractivity contribution in [2.45, 2.75) is 45.9 Å². The highest BCUT2D eigenvalue weighted by Crippen LogP contribution is 2.25. The number of nitrogens with one attached hydrogen (secondary N) is 1. The molecule has 2 unspecified atom stereocenters. The molecule has 0 saturated carbocycles. The zero-order valence-corrected chi connectivity index (χ0v) is 13.9. The quantitative estimate of drug-likeness (QED) is 0.871. The molecule has 2 atom stereocenters.